The first-order chi connectivity index (χ1) is 13.9. The molecule has 2 aromatic rings. The molecule has 1 amide bonds. The second-order valence-electron chi connectivity index (χ2n) is 6.43. The van der Waals surface area contributed by atoms with Gasteiger partial charge in [-0.25, -0.2) is 9.80 Å². The molecule has 2 aromatic carbocycles. The lowest BCUT2D eigenvalue weighted by atomic mass is 9.93. The van der Waals surface area contributed by atoms with E-state index in [9.17, 15) is 14.7 Å². The summed E-state index contributed by atoms with van der Waals surface area (Å²) in [5.74, 6) is -2.04. The van der Waals surface area contributed by atoms with Crippen LogP contribution in [0.4, 0.5) is 5.69 Å². The van der Waals surface area contributed by atoms with Gasteiger partial charge in [-0.3, -0.25) is 4.79 Å². The summed E-state index contributed by atoms with van der Waals surface area (Å²) in [4.78, 5) is 24.9. The van der Waals surface area contributed by atoms with Crippen molar-refractivity contribution >= 4 is 61.2 Å². The topological polar surface area (TPSA) is 79.2 Å². The lowest BCUT2D eigenvalue weighted by Gasteiger charge is -2.15. The molecule has 0 saturated carbocycles. The minimum absolute atomic E-state index is 0.0272. The Morgan fingerprint density at radius 3 is 2.28 bits per heavy atom. The lowest BCUT2D eigenvalue weighted by molar-refractivity contribution is -0.132. The molecular weight excluding hydrogens is 504 g/mol. The van der Waals surface area contributed by atoms with Gasteiger partial charge in [0.2, 0.25) is 0 Å². The van der Waals surface area contributed by atoms with Crippen molar-refractivity contribution in [2.45, 2.75) is 6.42 Å². The Morgan fingerprint density at radius 1 is 1.14 bits per heavy atom. The number of carboxylic acid groups (broad SMARTS) is 1. The zero-order valence-electron chi connectivity index (χ0n) is 15.5. The number of hydrogen-bond acceptors (Lipinski definition) is 4. The Kier molecular flexibility index (Phi) is 7.00. The third-order valence-electron chi connectivity index (χ3n) is 4.41. The van der Waals surface area contributed by atoms with Gasteiger partial charge in [-0.2, -0.15) is 5.10 Å². The van der Waals surface area contributed by atoms with Crippen LogP contribution in [0.15, 0.2) is 68.2 Å². The quantitative estimate of drug-likeness (QED) is 0.534. The van der Waals surface area contributed by atoms with Crippen molar-refractivity contribution < 1.29 is 19.4 Å². The molecule has 29 heavy (non-hydrogen) atoms. The Bertz CT molecular complexity index is 969. The zero-order valence-corrected chi connectivity index (χ0v) is 18.7. The number of hydrazone groups is 1. The summed E-state index contributed by atoms with van der Waals surface area (Å²) in [5.41, 5.74) is 1.99. The Labute approximate surface area is 185 Å². The number of rotatable bonds is 7. The van der Waals surface area contributed by atoms with E-state index < -0.39 is 11.9 Å². The first-order valence-electron chi connectivity index (χ1n) is 8.74. The lowest BCUT2D eigenvalue weighted by Crippen LogP contribution is -2.29. The zero-order chi connectivity index (χ0) is 21.0. The molecular formula is C21H18Br2N2O4. The monoisotopic (exact) mass is 520 g/mol. The number of benzene rings is 2. The predicted molar refractivity (Wildman–Crippen MR) is 119 cm³/mol. The highest BCUT2D eigenvalue weighted by molar-refractivity contribution is 9.10. The SMILES string of the molecule is COCC1=NN(c2ccc(Br)cc2)C(=O)C1C/C(=C/c1ccc(Br)cc1)C(=O)O. The predicted octanol–water partition coefficient (Wildman–Crippen LogP) is 4.74. The molecule has 8 heteroatoms. The minimum Gasteiger partial charge on any atom is -0.478 e. The first kappa shape index (κ1) is 21.4. The molecule has 1 unspecified atom stereocenters. The van der Waals surface area contributed by atoms with Crippen LogP contribution in [0.2, 0.25) is 0 Å². The largest absolute Gasteiger partial charge is 0.478 e. The van der Waals surface area contributed by atoms with Gasteiger partial charge in [0.15, 0.2) is 0 Å². The van der Waals surface area contributed by atoms with Gasteiger partial charge in [-0.05, 0) is 54.5 Å². The third-order valence-corrected chi connectivity index (χ3v) is 5.47. The Morgan fingerprint density at radius 2 is 1.72 bits per heavy atom. The van der Waals surface area contributed by atoms with Gasteiger partial charge in [0.25, 0.3) is 5.91 Å². The van der Waals surface area contributed by atoms with Crippen molar-refractivity contribution in [3.05, 3.63) is 68.6 Å². The van der Waals surface area contributed by atoms with E-state index in [1.807, 2.05) is 36.4 Å². The minimum atomic E-state index is -1.07. The van der Waals surface area contributed by atoms with Crippen LogP contribution in [0, 0.1) is 5.92 Å². The van der Waals surface area contributed by atoms with E-state index in [4.69, 9.17) is 4.74 Å². The van der Waals surface area contributed by atoms with Crippen LogP contribution in [0.3, 0.4) is 0 Å². The average Bonchev–Trinajstić information content (AvgIpc) is 2.99. The van der Waals surface area contributed by atoms with Crippen molar-refractivity contribution in [3.8, 4) is 0 Å². The number of methoxy groups -OCH3 is 1. The van der Waals surface area contributed by atoms with E-state index in [-0.39, 0.29) is 24.5 Å². The molecule has 0 radical (unpaired) electrons. The number of amides is 1. The van der Waals surface area contributed by atoms with E-state index in [1.54, 1.807) is 18.2 Å². The van der Waals surface area contributed by atoms with Gasteiger partial charge < -0.3 is 9.84 Å². The molecule has 0 bridgehead atoms. The highest BCUT2D eigenvalue weighted by Crippen LogP contribution is 2.29. The highest BCUT2D eigenvalue weighted by atomic mass is 79.9. The molecule has 1 aliphatic rings. The first-order valence-corrected chi connectivity index (χ1v) is 10.3. The summed E-state index contributed by atoms with van der Waals surface area (Å²) in [6, 6.07) is 14.5. The number of anilines is 1. The number of halogens is 2. The van der Waals surface area contributed by atoms with Crippen LogP contribution in [0.25, 0.3) is 6.08 Å². The molecule has 1 aliphatic heterocycles. The molecule has 150 valence electrons. The third kappa shape index (κ3) is 5.20. The van der Waals surface area contributed by atoms with Gasteiger partial charge in [0.1, 0.15) is 0 Å². The van der Waals surface area contributed by atoms with Crippen LogP contribution in [0.1, 0.15) is 12.0 Å². The summed E-state index contributed by atoms with van der Waals surface area (Å²) in [5, 5.41) is 15.4. The van der Waals surface area contributed by atoms with E-state index in [0.29, 0.717) is 11.4 Å². The standard InChI is InChI=1S/C21H18Br2N2O4/c1-29-12-19-18(20(26)25(24-19)17-8-6-16(23)7-9-17)11-14(21(27)28)10-13-2-4-15(22)5-3-13/h2-10,18H,11-12H2,1H3,(H,27,28)/b14-10-. The molecule has 1 N–H and O–H groups in total. The normalized spacial score (nSPS) is 16.9. The van der Waals surface area contributed by atoms with Gasteiger partial charge in [0.05, 0.1) is 23.9 Å². The summed E-state index contributed by atoms with van der Waals surface area (Å²) in [6.07, 6.45) is 1.61. The maximum Gasteiger partial charge on any atom is 0.331 e. The van der Waals surface area contributed by atoms with Gasteiger partial charge in [-0.1, -0.05) is 44.0 Å². The maximum atomic E-state index is 13.0. The number of ether oxygens (including phenoxy) is 1. The molecule has 3 rings (SSSR count). The van der Waals surface area contributed by atoms with Crippen LogP contribution >= 0.6 is 31.9 Å². The van der Waals surface area contributed by atoms with Gasteiger partial charge in [-0.15, -0.1) is 0 Å². The molecule has 0 saturated heterocycles. The van der Waals surface area contributed by atoms with Crippen molar-refractivity contribution in [1.82, 2.24) is 0 Å². The smallest absolute Gasteiger partial charge is 0.331 e. The fourth-order valence-corrected chi connectivity index (χ4v) is 3.50. The second-order valence-corrected chi connectivity index (χ2v) is 8.27. The number of carbonyl (C=O) groups excluding carboxylic acids is 1. The molecule has 0 aliphatic carbocycles. The van der Waals surface area contributed by atoms with Gasteiger partial charge >= 0.3 is 5.97 Å². The number of hydrogen-bond donors (Lipinski definition) is 1. The summed E-state index contributed by atoms with van der Waals surface area (Å²) >= 11 is 6.73. The summed E-state index contributed by atoms with van der Waals surface area (Å²) in [6.45, 7) is 0.147. The molecule has 0 fully saturated rings. The second kappa shape index (κ2) is 9.47. The molecule has 1 heterocycles. The van der Waals surface area contributed by atoms with E-state index in [2.05, 4.69) is 37.0 Å². The number of carboxylic acids is 1. The van der Waals surface area contributed by atoms with Crippen molar-refractivity contribution in [2.75, 3.05) is 18.7 Å². The maximum absolute atomic E-state index is 13.0. The summed E-state index contributed by atoms with van der Waals surface area (Å²) < 4.78 is 6.98. The fourth-order valence-electron chi connectivity index (χ4n) is 2.98. The van der Waals surface area contributed by atoms with Crippen LogP contribution in [-0.4, -0.2) is 36.4 Å². The van der Waals surface area contributed by atoms with E-state index >= 15 is 0 Å². The Balaban J connectivity index is 1.89. The number of carbonyl (C=O) groups is 2. The van der Waals surface area contributed by atoms with Crippen molar-refractivity contribution in [3.63, 3.8) is 0 Å². The molecule has 0 aromatic heterocycles. The molecule has 0 spiro atoms. The number of aliphatic carboxylic acids is 1. The average molecular weight is 522 g/mol. The van der Waals surface area contributed by atoms with Crippen molar-refractivity contribution in [1.29, 1.82) is 0 Å². The van der Waals surface area contributed by atoms with E-state index in [0.717, 1.165) is 14.5 Å². The fraction of sp³-hybridized carbons (Fsp3) is 0.190. The van der Waals surface area contributed by atoms with Crippen molar-refractivity contribution in [2.24, 2.45) is 11.0 Å². The van der Waals surface area contributed by atoms with Crippen LogP contribution in [0.5, 0.6) is 0 Å². The molecule has 1 atom stereocenters. The number of nitrogens with zero attached hydrogens (tertiary/aromatic N) is 2. The van der Waals surface area contributed by atoms with Gasteiger partial charge in [0, 0.05) is 21.6 Å². The van der Waals surface area contributed by atoms with Crippen LogP contribution in [-0.2, 0) is 14.3 Å². The van der Waals surface area contributed by atoms with E-state index in [1.165, 1.54) is 12.1 Å². The highest BCUT2D eigenvalue weighted by Gasteiger charge is 2.37. The summed E-state index contributed by atoms with van der Waals surface area (Å²) in [7, 11) is 1.52. The van der Waals surface area contributed by atoms with Crippen LogP contribution < -0.4 is 5.01 Å². The Hall–Kier alpha value is -2.29. The molecule has 6 nitrogen and oxygen atoms in total.